The fraction of sp³-hybridized carbons (Fsp3) is 0.471. The lowest BCUT2D eigenvalue weighted by molar-refractivity contribution is 0.426. The van der Waals surface area contributed by atoms with Crippen molar-refractivity contribution in [3.05, 3.63) is 35.5 Å². The zero-order valence-corrected chi connectivity index (χ0v) is 12.5. The molecule has 0 radical (unpaired) electrons. The summed E-state index contributed by atoms with van der Waals surface area (Å²) in [4.78, 5) is 0. The van der Waals surface area contributed by atoms with Gasteiger partial charge in [0.1, 0.15) is 0 Å². The molecule has 0 amide bonds. The maximum atomic E-state index is 5.97. The summed E-state index contributed by atoms with van der Waals surface area (Å²) in [5.74, 6) is 0.433. The largest absolute Gasteiger partial charge is 0.367 e. The van der Waals surface area contributed by atoms with Crippen LogP contribution in [0.3, 0.4) is 0 Å². The van der Waals surface area contributed by atoms with E-state index >= 15 is 0 Å². The zero-order chi connectivity index (χ0) is 14.4. The third-order valence-electron chi connectivity index (χ3n) is 3.72. The van der Waals surface area contributed by atoms with Crippen molar-refractivity contribution in [1.82, 2.24) is 5.16 Å². The van der Waals surface area contributed by atoms with Crippen molar-refractivity contribution in [3.8, 4) is 11.1 Å². The van der Waals surface area contributed by atoms with Gasteiger partial charge in [0.25, 0.3) is 0 Å². The molecule has 0 spiro atoms. The van der Waals surface area contributed by atoms with E-state index in [1.807, 2.05) is 12.1 Å². The number of benzene rings is 1. The SMILES string of the molecule is CCCCCCCc1noc(N)c1-c1ccccc1C. The maximum absolute atomic E-state index is 5.97. The molecule has 0 fully saturated rings. The van der Waals surface area contributed by atoms with Gasteiger partial charge >= 0.3 is 0 Å². The summed E-state index contributed by atoms with van der Waals surface area (Å²) in [7, 11) is 0. The minimum absolute atomic E-state index is 0.433. The van der Waals surface area contributed by atoms with Gasteiger partial charge in [-0.1, -0.05) is 62.0 Å². The first-order valence-electron chi connectivity index (χ1n) is 7.54. The Kier molecular flexibility index (Phi) is 5.22. The molecule has 0 unspecified atom stereocenters. The molecule has 0 saturated heterocycles. The van der Waals surface area contributed by atoms with Crippen LogP contribution in [0.5, 0.6) is 0 Å². The summed E-state index contributed by atoms with van der Waals surface area (Å²) in [5, 5.41) is 4.15. The lowest BCUT2D eigenvalue weighted by atomic mass is 9.98. The van der Waals surface area contributed by atoms with Gasteiger partial charge in [-0.05, 0) is 30.9 Å². The Morgan fingerprint density at radius 3 is 2.60 bits per heavy atom. The van der Waals surface area contributed by atoms with Crippen LogP contribution in [0.2, 0.25) is 0 Å². The molecule has 1 heterocycles. The van der Waals surface area contributed by atoms with Crippen LogP contribution in [0.25, 0.3) is 11.1 Å². The molecule has 2 aromatic rings. The second-order valence-electron chi connectivity index (χ2n) is 5.35. The topological polar surface area (TPSA) is 52.0 Å². The van der Waals surface area contributed by atoms with Crippen LogP contribution in [0.15, 0.2) is 28.8 Å². The Bertz CT molecular complexity index is 546. The zero-order valence-electron chi connectivity index (χ0n) is 12.5. The summed E-state index contributed by atoms with van der Waals surface area (Å²) >= 11 is 0. The molecule has 0 saturated carbocycles. The highest BCUT2D eigenvalue weighted by Gasteiger charge is 2.16. The number of aromatic nitrogens is 1. The molecule has 1 aromatic heterocycles. The van der Waals surface area contributed by atoms with Crippen molar-refractivity contribution in [2.75, 3.05) is 5.73 Å². The summed E-state index contributed by atoms with van der Waals surface area (Å²) in [6, 6.07) is 8.23. The van der Waals surface area contributed by atoms with E-state index in [0.717, 1.165) is 29.7 Å². The van der Waals surface area contributed by atoms with E-state index in [9.17, 15) is 0 Å². The van der Waals surface area contributed by atoms with E-state index < -0.39 is 0 Å². The number of nitrogens with two attached hydrogens (primary N) is 1. The lowest BCUT2D eigenvalue weighted by Crippen LogP contribution is -1.93. The number of nitrogens with zero attached hydrogens (tertiary/aromatic N) is 1. The van der Waals surface area contributed by atoms with Gasteiger partial charge in [-0.25, -0.2) is 0 Å². The molecule has 108 valence electrons. The quantitative estimate of drug-likeness (QED) is 0.740. The fourth-order valence-corrected chi connectivity index (χ4v) is 2.55. The maximum Gasteiger partial charge on any atom is 0.230 e. The second kappa shape index (κ2) is 7.13. The third-order valence-corrected chi connectivity index (χ3v) is 3.72. The van der Waals surface area contributed by atoms with Crippen LogP contribution in [-0.4, -0.2) is 5.16 Å². The number of nitrogen functional groups attached to an aromatic ring is 1. The Morgan fingerprint density at radius 1 is 1.10 bits per heavy atom. The number of anilines is 1. The van der Waals surface area contributed by atoms with Gasteiger partial charge in [0, 0.05) is 0 Å². The van der Waals surface area contributed by atoms with Gasteiger partial charge in [0.2, 0.25) is 5.88 Å². The third kappa shape index (κ3) is 3.41. The molecule has 3 heteroatoms. The summed E-state index contributed by atoms with van der Waals surface area (Å²) < 4.78 is 5.21. The fourth-order valence-electron chi connectivity index (χ4n) is 2.55. The first kappa shape index (κ1) is 14.6. The average Bonchev–Trinajstić information content (AvgIpc) is 2.80. The Balaban J connectivity index is 2.10. The molecule has 2 rings (SSSR count). The molecular weight excluding hydrogens is 248 g/mol. The Hall–Kier alpha value is -1.77. The first-order chi connectivity index (χ1) is 9.74. The molecule has 0 aliphatic rings. The number of rotatable bonds is 7. The van der Waals surface area contributed by atoms with E-state index in [1.165, 1.54) is 31.2 Å². The van der Waals surface area contributed by atoms with Gasteiger partial charge in [-0.3, -0.25) is 0 Å². The highest BCUT2D eigenvalue weighted by Crippen LogP contribution is 2.32. The molecule has 0 bridgehead atoms. The van der Waals surface area contributed by atoms with Gasteiger partial charge in [0.05, 0.1) is 11.3 Å². The summed E-state index contributed by atoms with van der Waals surface area (Å²) in [5.41, 5.74) is 10.3. The molecule has 20 heavy (non-hydrogen) atoms. The molecular formula is C17H24N2O. The first-order valence-corrected chi connectivity index (χ1v) is 7.54. The van der Waals surface area contributed by atoms with Crippen LogP contribution >= 0.6 is 0 Å². The number of unbranched alkanes of at least 4 members (excludes halogenated alkanes) is 4. The smallest absolute Gasteiger partial charge is 0.230 e. The van der Waals surface area contributed by atoms with Crippen LogP contribution in [-0.2, 0) is 6.42 Å². The van der Waals surface area contributed by atoms with Gasteiger partial charge in [-0.2, -0.15) is 0 Å². The summed E-state index contributed by atoms with van der Waals surface area (Å²) in [6.07, 6.45) is 7.20. The van der Waals surface area contributed by atoms with E-state index in [1.54, 1.807) is 0 Å². The predicted molar refractivity (Wildman–Crippen MR) is 83.6 cm³/mol. The molecule has 1 aromatic carbocycles. The van der Waals surface area contributed by atoms with Crippen molar-refractivity contribution in [3.63, 3.8) is 0 Å². The van der Waals surface area contributed by atoms with Crippen LogP contribution in [0.4, 0.5) is 5.88 Å². The Morgan fingerprint density at radius 2 is 1.85 bits per heavy atom. The van der Waals surface area contributed by atoms with Crippen molar-refractivity contribution in [2.24, 2.45) is 0 Å². The van der Waals surface area contributed by atoms with E-state index in [-0.39, 0.29) is 0 Å². The van der Waals surface area contributed by atoms with Crippen molar-refractivity contribution >= 4 is 5.88 Å². The van der Waals surface area contributed by atoms with Crippen molar-refractivity contribution < 1.29 is 4.52 Å². The van der Waals surface area contributed by atoms with E-state index in [4.69, 9.17) is 10.3 Å². The average molecular weight is 272 g/mol. The van der Waals surface area contributed by atoms with E-state index in [2.05, 4.69) is 31.1 Å². The highest BCUT2D eigenvalue weighted by molar-refractivity contribution is 5.77. The monoisotopic (exact) mass is 272 g/mol. The summed E-state index contributed by atoms with van der Waals surface area (Å²) in [6.45, 7) is 4.32. The highest BCUT2D eigenvalue weighted by atomic mass is 16.5. The standard InChI is InChI=1S/C17H24N2O/c1-3-4-5-6-7-12-15-16(17(18)20-19-15)14-11-9-8-10-13(14)2/h8-11H,3-7,12,18H2,1-2H3. The predicted octanol–water partition coefficient (Wildman–Crippen LogP) is 4.75. The molecule has 2 N–H and O–H groups in total. The minimum atomic E-state index is 0.433. The molecule has 0 atom stereocenters. The molecule has 0 aliphatic heterocycles. The van der Waals surface area contributed by atoms with Gasteiger partial charge in [0.15, 0.2) is 0 Å². The molecule has 0 aliphatic carbocycles. The number of hydrogen-bond donors (Lipinski definition) is 1. The number of hydrogen-bond acceptors (Lipinski definition) is 3. The van der Waals surface area contributed by atoms with Crippen LogP contribution < -0.4 is 5.73 Å². The van der Waals surface area contributed by atoms with Crippen LogP contribution in [0, 0.1) is 6.92 Å². The van der Waals surface area contributed by atoms with Crippen molar-refractivity contribution in [2.45, 2.75) is 52.4 Å². The minimum Gasteiger partial charge on any atom is -0.367 e. The Labute approximate surface area is 121 Å². The lowest BCUT2D eigenvalue weighted by Gasteiger charge is -2.06. The van der Waals surface area contributed by atoms with Gasteiger partial charge < -0.3 is 10.3 Å². The van der Waals surface area contributed by atoms with Crippen molar-refractivity contribution in [1.29, 1.82) is 0 Å². The molecule has 3 nitrogen and oxygen atoms in total. The number of aryl methyl sites for hydroxylation is 2. The normalized spacial score (nSPS) is 10.9. The van der Waals surface area contributed by atoms with E-state index in [0.29, 0.717) is 5.88 Å². The van der Waals surface area contributed by atoms with Crippen LogP contribution in [0.1, 0.15) is 50.3 Å². The van der Waals surface area contributed by atoms with Gasteiger partial charge in [-0.15, -0.1) is 0 Å². The second-order valence-corrected chi connectivity index (χ2v) is 5.35.